The number of anilines is 1. The van der Waals surface area contributed by atoms with E-state index in [2.05, 4.69) is 39.1 Å². The third-order valence-corrected chi connectivity index (χ3v) is 5.77. The Hall–Kier alpha value is -2.77. The normalized spacial score (nSPS) is 15.6. The van der Waals surface area contributed by atoms with Gasteiger partial charge in [-0.15, -0.1) is 0 Å². The van der Waals surface area contributed by atoms with E-state index in [-0.39, 0.29) is 10.6 Å². The first kappa shape index (κ1) is 17.6. The highest BCUT2D eigenvalue weighted by atomic mass is 32.1. The van der Waals surface area contributed by atoms with Gasteiger partial charge in [0.1, 0.15) is 0 Å². The molecule has 0 unspecified atom stereocenters. The number of nitrogens with zero attached hydrogens (tertiary/aromatic N) is 4. The molecule has 27 heavy (non-hydrogen) atoms. The van der Waals surface area contributed by atoms with Crippen LogP contribution in [-0.4, -0.2) is 47.5 Å². The molecule has 1 aliphatic rings. The molecule has 7 heteroatoms. The molecule has 4 rings (SSSR count). The van der Waals surface area contributed by atoms with E-state index in [4.69, 9.17) is 0 Å². The summed E-state index contributed by atoms with van der Waals surface area (Å²) in [5, 5.41) is 11.9. The summed E-state index contributed by atoms with van der Waals surface area (Å²) in [7, 11) is 0. The fourth-order valence-corrected chi connectivity index (χ4v) is 4.22. The van der Waals surface area contributed by atoms with Crippen molar-refractivity contribution in [2.24, 2.45) is 0 Å². The molecule has 0 radical (unpaired) electrons. The summed E-state index contributed by atoms with van der Waals surface area (Å²) in [6.07, 6.45) is 4.37. The fourth-order valence-electron chi connectivity index (χ4n) is 3.17. The quantitative estimate of drug-likeness (QED) is 0.494. The van der Waals surface area contributed by atoms with Gasteiger partial charge in [-0.2, -0.15) is 0 Å². The number of nitro groups is 1. The summed E-state index contributed by atoms with van der Waals surface area (Å²) in [6, 6.07) is 15.2. The summed E-state index contributed by atoms with van der Waals surface area (Å²) in [6.45, 7) is 4.74. The molecule has 1 aliphatic heterocycles. The molecular weight excluding hydrogens is 360 g/mol. The Kier molecular flexibility index (Phi) is 5.13. The molecule has 0 aliphatic carbocycles. The average molecular weight is 380 g/mol. The van der Waals surface area contributed by atoms with Crippen LogP contribution >= 0.6 is 11.3 Å². The Balaban J connectivity index is 1.35. The van der Waals surface area contributed by atoms with Crippen molar-refractivity contribution < 1.29 is 4.92 Å². The maximum atomic E-state index is 10.9. The lowest BCUT2D eigenvalue weighted by Crippen LogP contribution is -2.46. The molecule has 6 nitrogen and oxygen atoms in total. The number of fused-ring (bicyclic) bond motifs is 1. The molecule has 0 atom stereocenters. The fraction of sp³-hybridized carbons (Fsp3) is 0.250. The van der Waals surface area contributed by atoms with Crippen molar-refractivity contribution >= 4 is 38.4 Å². The van der Waals surface area contributed by atoms with Crippen molar-refractivity contribution in [1.82, 2.24) is 9.88 Å². The minimum Gasteiger partial charge on any atom is -0.345 e. The Labute approximate surface area is 161 Å². The molecule has 0 saturated carbocycles. The van der Waals surface area contributed by atoms with Gasteiger partial charge in [0.25, 0.3) is 5.69 Å². The van der Waals surface area contributed by atoms with E-state index >= 15 is 0 Å². The Bertz CT molecular complexity index is 963. The minimum atomic E-state index is -0.361. The summed E-state index contributed by atoms with van der Waals surface area (Å²) in [5.41, 5.74) is 2.17. The van der Waals surface area contributed by atoms with E-state index in [0.717, 1.165) is 48.1 Å². The van der Waals surface area contributed by atoms with E-state index in [1.165, 1.54) is 23.0 Å². The van der Waals surface area contributed by atoms with Gasteiger partial charge < -0.3 is 4.90 Å². The van der Waals surface area contributed by atoms with E-state index < -0.39 is 0 Å². The van der Waals surface area contributed by atoms with Gasteiger partial charge in [0.05, 0.1) is 15.1 Å². The average Bonchev–Trinajstić information content (AvgIpc) is 3.12. The van der Waals surface area contributed by atoms with Crippen LogP contribution in [0.5, 0.6) is 0 Å². The number of hydrogen-bond acceptors (Lipinski definition) is 6. The predicted octanol–water partition coefficient (Wildman–Crippen LogP) is 4.04. The largest absolute Gasteiger partial charge is 0.345 e. The maximum Gasteiger partial charge on any atom is 0.270 e. The van der Waals surface area contributed by atoms with Crippen molar-refractivity contribution in [3.05, 3.63) is 70.3 Å². The van der Waals surface area contributed by atoms with Crippen LogP contribution in [0.4, 0.5) is 10.8 Å². The molecule has 0 N–H and O–H groups in total. The molecule has 3 aromatic rings. The number of thiazole rings is 1. The van der Waals surface area contributed by atoms with Crippen LogP contribution in [0.1, 0.15) is 5.56 Å². The second-order valence-electron chi connectivity index (χ2n) is 6.51. The minimum absolute atomic E-state index is 0.118. The lowest BCUT2D eigenvalue weighted by molar-refractivity contribution is -0.384. The first-order valence-electron chi connectivity index (χ1n) is 8.93. The monoisotopic (exact) mass is 380 g/mol. The van der Waals surface area contributed by atoms with Crippen molar-refractivity contribution in [1.29, 1.82) is 0 Å². The van der Waals surface area contributed by atoms with Crippen molar-refractivity contribution in [2.75, 3.05) is 37.6 Å². The summed E-state index contributed by atoms with van der Waals surface area (Å²) < 4.78 is 0.868. The third kappa shape index (κ3) is 4.15. The van der Waals surface area contributed by atoms with Crippen LogP contribution in [0.25, 0.3) is 16.3 Å². The van der Waals surface area contributed by atoms with Crippen LogP contribution in [0.15, 0.2) is 54.6 Å². The molecule has 2 heterocycles. The molecule has 138 valence electrons. The van der Waals surface area contributed by atoms with E-state index in [1.54, 1.807) is 12.1 Å². The number of hydrogen-bond donors (Lipinski definition) is 0. The predicted molar refractivity (Wildman–Crippen MR) is 110 cm³/mol. The Morgan fingerprint density at radius 2 is 1.89 bits per heavy atom. The van der Waals surface area contributed by atoms with E-state index in [0.29, 0.717) is 0 Å². The third-order valence-electron chi connectivity index (χ3n) is 4.69. The van der Waals surface area contributed by atoms with Crippen LogP contribution in [0.2, 0.25) is 0 Å². The highest BCUT2D eigenvalue weighted by Gasteiger charge is 2.19. The van der Waals surface area contributed by atoms with Crippen LogP contribution in [-0.2, 0) is 0 Å². The molecule has 1 aromatic heterocycles. The Morgan fingerprint density at radius 3 is 2.63 bits per heavy atom. The second kappa shape index (κ2) is 7.85. The van der Waals surface area contributed by atoms with Crippen LogP contribution in [0.3, 0.4) is 0 Å². The van der Waals surface area contributed by atoms with E-state index in [1.807, 2.05) is 18.2 Å². The lowest BCUT2D eigenvalue weighted by Gasteiger charge is -2.33. The molecule has 0 amide bonds. The highest BCUT2D eigenvalue weighted by molar-refractivity contribution is 7.22. The zero-order valence-corrected chi connectivity index (χ0v) is 15.6. The molecule has 1 fully saturated rings. The zero-order chi connectivity index (χ0) is 18.6. The van der Waals surface area contributed by atoms with Gasteiger partial charge in [0.2, 0.25) is 0 Å². The standard InChI is InChI=1S/C20H20N4O2S/c25-24(26)17-8-9-18-19(15-17)27-20(21-18)23-13-11-22(12-14-23)10-4-7-16-5-2-1-3-6-16/h1-9,15H,10-14H2/b7-4+. The number of aromatic nitrogens is 1. The van der Waals surface area contributed by atoms with Crippen molar-refractivity contribution in [3.63, 3.8) is 0 Å². The van der Waals surface area contributed by atoms with Crippen molar-refractivity contribution in [2.45, 2.75) is 0 Å². The van der Waals surface area contributed by atoms with E-state index in [9.17, 15) is 10.1 Å². The van der Waals surface area contributed by atoms with Gasteiger partial charge in [-0.1, -0.05) is 53.8 Å². The first-order valence-corrected chi connectivity index (χ1v) is 9.74. The van der Waals surface area contributed by atoms with Crippen LogP contribution < -0.4 is 4.90 Å². The topological polar surface area (TPSA) is 62.5 Å². The summed E-state index contributed by atoms with van der Waals surface area (Å²) in [4.78, 5) is 19.9. The number of benzene rings is 2. The van der Waals surface area contributed by atoms with Gasteiger partial charge in [-0.25, -0.2) is 4.98 Å². The van der Waals surface area contributed by atoms with Gasteiger partial charge >= 0.3 is 0 Å². The Morgan fingerprint density at radius 1 is 1.11 bits per heavy atom. The second-order valence-corrected chi connectivity index (χ2v) is 7.52. The molecule has 1 saturated heterocycles. The van der Waals surface area contributed by atoms with Gasteiger partial charge in [-0.05, 0) is 11.6 Å². The highest BCUT2D eigenvalue weighted by Crippen LogP contribution is 2.31. The first-order chi connectivity index (χ1) is 13.2. The molecule has 0 spiro atoms. The van der Waals surface area contributed by atoms with Gasteiger partial charge in [-0.3, -0.25) is 15.0 Å². The molecular formula is C20H20N4O2S. The number of non-ortho nitro benzene ring substituents is 1. The van der Waals surface area contributed by atoms with Gasteiger partial charge in [0, 0.05) is 44.9 Å². The molecule has 2 aromatic carbocycles. The maximum absolute atomic E-state index is 10.9. The summed E-state index contributed by atoms with van der Waals surface area (Å²) >= 11 is 1.53. The summed E-state index contributed by atoms with van der Waals surface area (Å²) in [5.74, 6) is 0. The van der Waals surface area contributed by atoms with Crippen LogP contribution in [0, 0.1) is 10.1 Å². The van der Waals surface area contributed by atoms with Gasteiger partial charge in [0.15, 0.2) is 5.13 Å². The number of rotatable bonds is 5. The SMILES string of the molecule is O=[N+]([O-])c1ccc2nc(N3CCN(C/C=C/c4ccccc4)CC3)sc2c1. The lowest BCUT2D eigenvalue weighted by atomic mass is 10.2. The number of nitro benzene ring substituents is 1. The zero-order valence-electron chi connectivity index (χ0n) is 14.8. The number of piperazine rings is 1. The molecule has 0 bridgehead atoms. The van der Waals surface area contributed by atoms with Crippen molar-refractivity contribution in [3.8, 4) is 0 Å². The smallest absolute Gasteiger partial charge is 0.270 e.